The van der Waals surface area contributed by atoms with Gasteiger partial charge >= 0.3 is 0 Å². The molecule has 0 spiro atoms. The number of hydrogen-bond acceptors (Lipinski definition) is 3. The number of aryl methyl sites for hydroxylation is 1. The van der Waals surface area contributed by atoms with Crippen LogP contribution in [0.25, 0.3) is 10.9 Å². The van der Waals surface area contributed by atoms with Crippen molar-refractivity contribution in [1.29, 1.82) is 0 Å². The Balaban J connectivity index is 0.00000300. The summed E-state index contributed by atoms with van der Waals surface area (Å²) in [5.41, 5.74) is 1.31. The van der Waals surface area contributed by atoms with Crippen LogP contribution in [-0.2, 0) is 6.54 Å². The maximum Gasteiger partial charge on any atom is 0.191 e. The number of nitrogens with zero attached hydrogens (tertiary/aromatic N) is 4. The van der Waals surface area contributed by atoms with Gasteiger partial charge in [-0.15, -0.1) is 24.0 Å². The predicted molar refractivity (Wildman–Crippen MR) is 134 cm³/mol. The van der Waals surface area contributed by atoms with Gasteiger partial charge < -0.3 is 20.1 Å². The molecule has 1 aliphatic rings. The van der Waals surface area contributed by atoms with Crippen LogP contribution in [0.2, 0.25) is 0 Å². The molecule has 1 aromatic carbocycles. The first-order chi connectivity index (χ1) is 13.7. The third-order valence-corrected chi connectivity index (χ3v) is 5.81. The fourth-order valence-corrected chi connectivity index (χ4v) is 3.91. The second kappa shape index (κ2) is 12.4. The van der Waals surface area contributed by atoms with Crippen LogP contribution in [0, 0.1) is 0 Å². The zero-order valence-corrected chi connectivity index (χ0v) is 20.4. The number of aromatic nitrogens is 1. The van der Waals surface area contributed by atoms with E-state index in [1.165, 1.54) is 24.0 Å². The molecule has 1 aliphatic heterocycles. The average molecular weight is 512 g/mol. The molecule has 1 saturated heterocycles. The number of hydrogen-bond donors (Lipinski definition) is 2. The fraction of sp³-hybridized carbons (Fsp3) is 0.591. The molecule has 1 atom stereocenters. The van der Waals surface area contributed by atoms with Crippen molar-refractivity contribution >= 4 is 40.8 Å². The Labute approximate surface area is 192 Å². The topological polar surface area (TPSA) is 47.8 Å². The van der Waals surface area contributed by atoms with E-state index in [1.807, 2.05) is 7.05 Å². The second-order valence-electron chi connectivity index (χ2n) is 7.62. The van der Waals surface area contributed by atoms with Crippen LogP contribution in [0.3, 0.4) is 0 Å². The number of aliphatic imine (C=N–C) groups is 1. The van der Waals surface area contributed by atoms with Crippen molar-refractivity contribution in [2.75, 3.05) is 52.9 Å². The quantitative estimate of drug-likeness (QED) is 0.247. The highest BCUT2D eigenvalue weighted by Crippen LogP contribution is 2.15. The largest absolute Gasteiger partial charge is 0.356 e. The van der Waals surface area contributed by atoms with E-state index < -0.39 is 0 Å². The maximum atomic E-state index is 4.38. The summed E-state index contributed by atoms with van der Waals surface area (Å²) < 4.78 is 2.32. The lowest BCUT2D eigenvalue weighted by Gasteiger charge is -2.37. The van der Waals surface area contributed by atoms with Crippen LogP contribution in [0.5, 0.6) is 0 Å². The molecule has 2 heterocycles. The van der Waals surface area contributed by atoms with Crippen LogP contribution in [0.1, 0.15) is 20.3 Å². The average Bonchev–Trinajstić information content (AvgIpc) is 3.16. The highest BCUT2D eigenvalue weighted by molar-refractivity contribution is 14.0. The fourth-order valence-electron chi connectivity index (χ4n) is 3.91. The molecule has 2 aromatic rings. The monoisotopic (exact) mass is 512 g/mol. The Morgan fingerprint density at radius 2 is 1.86 bits per heavy atom. The number of piperazine rings is 1. The number of benzene rings is 1. The summed E-state index contributed by atoms with van der Waals surface area (Å²) in [4.78, 5) is 9.47. The first kappa shape index (κ1) is 24.0. The van der Waals surface area contributed by atoms with Gasteiger partial charge in [0.25, 0.3) is 0 Å². The van der Waals surface area contributed by atoms with Crippen molar-refractivity contribution in [3.63, 3.8) is 0 Å². The lowest BCUT2D eigenvalue weighted by atomic mass is 10.2. The highest BCUT2D eigenvalue weighted by atomic mass is 127. The normalized spacial score (nSPS) is 17.1. The summed E-state index contributed by atoms with van der Waals surface area (Å²) in [6.45, 7) is 13.2. The molecule has 0 amide bonds. The van der Waals surface area contributed by atoms with Crippen LogP contribution in [0.15, 0.2) is 41.5 Å². The van der Waals surface area contributed by atoms with Crippen LogP contribution < -0.4 is 10.6 Å². The van der Waals surface area contributed by atoms with Gasteiger partial charge in [0, 0.05) is 70.6 Å². The molecule has 29 heavy (non-hydrogen) atoms. The van der Waals surface area contributed by atoms with E-state index in [1.54, 1.807) is 0 Å². The highest BCUT2D eigenvalue weighted by Gasteiger charge is 2.20. The number of nitrogens with one attached hydrogen (secondary N) is 2. The van der Waals surface area contributed by atoms with E-state index in [4.69, 9.17) is 0 Å². The summed E-state index contributed by atoms with van der Waals surface area (Å²) in [5.74, 6) is 0.899. The standard InChI is InChI=1S/C22H36N6.HI/c1-4-26-14-16-27(17-15-26)19(2)18-25-22(23-3)24-11-7-12-28-13-10-20-8-5-6-9-21(20)28;/h5-6,8-10,13,19H,4,7,11-12,14-18H2,1-3H3,(H2,23,24,25);1H. The summed E-state index contributed by atoms with van der Waals surface area (Å²) >= 11 is 0. The Bertz CT molecular complexity index is 751. The van der Waals surface area contributed by atoms with Gasteiger partial charge in [-0.05, 0) is 37.4 Å². The number of halogens is 1. The van der Waals surface area contributed by atoms with E-state index in [2.05, 4.69) is 80.4 Å². The number of para-hydroxylation sites is 1. The summed E-state index contributed by atoms with van der Waals surface area (Å²) in [6.07, 6.45) is 3.24. The van der Waals surface area contributed by atoms with Crippen molar-refractivity contribution in [2.24, 2.45) is 4.99 Å². The Morgan fingerprint density at radius 1 is 1.10 bits per heavy atom. The van der Waals surface area contributed by atoms with Crippen molar-refractivity contribution in [2.45, 2.75) is 32.9 Å². The Kier molecular flexibility index (Phi) is 10.2. The van der Waals surface area contributed by atoms with Gasteiger partial charge in [-0.3, -0.25) is 9.89 Å². The molecule has 0 radical (unpaired) electrons. The molecule has 6 nitrogen and oxygen atoms in total. The van der Waals surface area contributed by atoms with E-state index in [0.717, 1.165) is 51.6 Å². The minimum atomic E-state index is 0. The third-order valence-electron chi connectivity index (χ3n) is 5.81. The predicted octanol–water partition coefficient (Wildman–Crippen LogP) is 2.84. The van der Waals surface area contributed by atoms with Gasteiger partial charge in [-0.1, -0.05) is 25.1 Å². The molecular formula is C22H37IN6. The molecule has 7 heteroatoms. The summed E-state index contributed by atoms with van der Waals surface area (Å²) in [7, 11) is 1.85. The third kappa shape index (κ3) is 6.86. The number of fused-ring (bicyclic) bond motifs is 1. The molecule has 1 aromatic heterocycles. The van der Waals surface area contributed by atoms with E-state index in [0.29, 0.717) is 6.04 Å². The molecule has 0 aliphatic carbocycles. The molecule has 2 N–H and O–H groups in total. The van der Waals surface area contributed by atoms with Crippen molar-refractivity contribution in [1.82, 2.24) is 25.0 Å². The van der Waals surface area contributed by atoms with Crippen molar-refractivity contribution in [3.8, 4) is 0 Å². The van der Waals surface area contributed by atoms with Gasteiger partial charge in [0.15, 0.2) is 5.96 Å². The van der Waals surface area contributed by atoms with Crippen LogP contribution in [0.4, 0.5) is 0 Å². The van der Waals surface area contributed by atoms with E-state index in [-0.39, 0.29) is 24.0 Å². The zero-order valence-electron chi connectivity index (χ0n) is 18.1. The van der Waals surface area contributed by atoms with Gasteiger partial charge in [-0.25, -0.2) is 0 Å². The molecule has 3 rings (SSSR count). The number of rotatable bonds is 8. The molecule has 162 valence electrons. The van der Waals surface area contributed by atoms with Gasteiger partial charge in [0.2, 0.25) is 0 Å². The first-order valence-electron chi connectivity index (χ1n) is 10.7. The van der Waals surface area contributed by atoms with E-state index >= 15 is 0 Å². The second-order valence-corrected chi connectivity index (χ2v) is 7.62. The number of likely N-dealkylation sites (N-methyl/N-ethyl adjacent to an activating group) is 1. The lowest BCUT2D eigenvalue weighted by Crippen LogP contribution is -2.53. The van der Waals surface area contributed by atoms with Crippen LogP contribution >= 0.6 is 24.0 Å². The van der Waals surface area contributed by atoms with E-state index in [9.17, 15) is 0 Å². The molecule has 0 bridgehead atoms. The maximum absolute atomic E-state index is 4.38. The molecular weight excluding hydrogens is 475 g/mol. The smallest absolute Gasteiger partial charge is 0.191 e. The molecule has 0 saturated carbocycles. The van der Waals surface area contributed by atoms with Crippen LogP contribution in [-0.4, -0.2) is 79.2 Å². The SMILES string of the molecule is CCN1CCN(C(C)CNC(=NC)NCCCn2ccc3ccccc32)CC1.I. The summed E-state index contributed by atoms with van der Waals surface area (Å²) in [6, 6.07) is 11.2. The van der Waals surface area contributed by atoms with Gasteiger partial charge in [-0.2, -0.15) is 0 Å². The number of guanidine groups is 1. The Hall–Kier alpha value is -1.32. The minimum Gasteiger partial charge on any atom is -0.356 e. The molecule has 1 unspecified atom stereocenters. The van der Waals surface area contributed by atoms with Gasteiger partial charge in [0.05, 0.1) is 0 Å². The molecule has 1 fully saturated rings. The van der Waals surface area contributed by atoms with Crippen molar-refractivity contribution < 1.29 is 0 Å². The zero-order chi connectivity index (χ0) is 19.8. The van der Waals surface area contributed by atoms with Crippen molar-refractivity contribution in [3.05, 3.63) is 36.5 Å². The first-order valence-corrected chi connectivity index (χ1v) is 10.7. The minimum absolute atomic E-state index is 0. The lowest BCUT2D eigenvalue weighted by molar-refractivity contribution is 0.107. The van der Waals surface area contributed by atoms with Gasteiger partial charge in [0.1, 0.15) is 0 Å². The Morgan fingerprint density at radius 3 is 2.59 bits per heavy atom. The summed E-state index contributed by atoms with van der Waals surface area (Å²) in [5, 5.41) is 8.25.